The van der Waals surface area contributed by atoms with Gasteiger partial charge in [0.15, 0.2) is 0 Å². The fourth-order valence-electron chi connectivity index (χ4n) is 1.52. The lowest BCUT2D eigenvalue weighted by Crippen LogP contribution is -2.09. The molecule has 5 heteroatoms. The van der Waals surface area contributed by atoms with Crippen LogP contribution in [0.3, 0.4) is 0 Å². The van der Waals surface area contributed by atoms with Crippen LogP contribution in [0.5, 0.6) is 11.5 Å². The minimum Gasteiger partial charge on any atom is -0.496 e. The van der Waals surface area contributed by atoms with E-state index in [9.17, 15) is 4.79 Å². The van der Waals surface area contributed by atoms with E-state index in [0.29, 0.717) is 27.1 Å². The molecule has 2 aromatic rings. The van der Waals surface area contributed by atoms with Crippen molar-refractivity contribution in [1.29, 1.82) is 0 Å². The van der Waals surface area contributed by atoms with Crippen molar-refractivity contribution in [2.75, 3.05) is 7.11 Å². The van der Waals surface area contributed by atoms with Gasteiger partial charge in [0.1, 0.15) is 17.1 Å². The molecule has 0 radical (unpaired) electrons. The maximum Gasteiger partial charge on any atom is 0.347 e. The van der Waals surface area contributed by atoms with Gasteiger partial charge in [0.25, 0.3) is 0 Å². The summed E-state index contributed by atoms with van der Waals surface area (Å²) in [4.78, 5) is 12.0. The Kier molecular flexibility index (Phi) is 4.30. The van der Waals surface area contributed by atoms with Crippen LogP contribution in [0, 0.1) is 0 Å². The Morgan fingerprint density at radius 3 is 2.47 bits per heavy atom. The zero-order chi connectivity index (χ0) is 13.8. The summed E-state index contributed by atoms with van der Waals surface area (Å²) in [5.74, 6) is 0.258. The van der Waals surface area contributed by atoms with Gasteiger partial charge in [-0.3, -0.25) is 0 Å². The Labute approximate surface area is 120 Å². The van der Waals surface area contributed by atoms with Gasteiger partial charge in [0.05, 0.1) is 17.2 Å². The van der Waals surface area contributed by atoms with Gasteiger partial charge in [-0.15, -0.1) is 0 Å². The summed E-state index contributed by atoms with van der Waals surface area (Å²) in [6, 6.07) is 11.4. The average molecular weight is 297 g/mol. The van der Waals surface area contributed by atoms with E-state index in [1.165, 1.54) is 13.2 Å². The number of para-hydroxylation sites is 1. The molecule has 0 unspecified atom stereocenters. The third kappa shape index (κ3) is 3.19. The SMILES string of the molecule is COc1ccccc1C(=O)Oc1ccc(Cl)c(Cl)c1. The van der Waals surface area contributed by atoms with Crippen molar-refractivity contribution in [3.05, 3.63) is 58.1 Å². The number of rotatable bonds is 3. The summed E-state index contributed by atoms with van der Waals surface area (Å²) in [6.45, 7) is 0. The fourth-order valence-corrected chi connectivity index (χ4v) is 1.80. The molecule has 0 aliphatic carbocycles. The first-order chi connectivity index (χ1) is 9.11. The van der Waals surface area contributed by atoms with Gasteiger partial charge in [0.2, 0.25) is 0 Å². The van der Waals surface area contributed by atoms with Crippen LogP contribution < -0.4 is 9.47 Å². The van der Waals surface area contributed by atoms with Crippen LogP contribution in [-0.4, -0.2) is 13.1 Å². The molecule has 0 aromatic heterocycles. The Morgan fingerprint density at radius 1 is 1.05 bits per heavy atom. The van der Waals surface area contributed by atoms with Crippen molar-refractivity contribution in [2.24, 2.45) is 0 Å². The van der Waals surface area contributed by atoms with Crippen molar-refractivity contribution in [1.82, 2.24) is 0 Å². The van der Waals surface area contributed by atoms with Gasteiger partial charge < -0.3 is 9.47 Å². The highest BCUT2D eigenvalue weighted by molar-refractivity contribution is 6.42. The first-order valence-corrected chi connectivity index (χ1v) is 6.17. The van der Waals surface area contributed by atoms with Crippen LogP contribution in [0.15, 0.2) is 42.5 Å². The van der Waals surface area contributed by atoms with Gasteiger partial charge in [-0.25, -0.2) is 4.79 Å². The van der Waals surface area contributed by atoms with Crippen molar-refractivity contribution in [2.45, 2.75) is 0 Å². The monoisotopic (exact) mass is 296 g/mol. The molecule has 0 heterocycles. The Balaban J connectivity index is 2.23. The first kappa shape index (κ1) is 13.7. The molecule has 0 atom stereocenters. The van der Waals surface area contributed by atoms with Crippen LogP contribution in [-0.2, 0) is 0 Å². The lowest BCUT2D eigenvalue weighted by atomic mass is 10.2. The minimum atomic E-state index is -0.518. The van der Waals surface area contributed by atoms with Crippen LogP contribution >= 0.6 is 23.2 Å². The maximum absolute atomic E-state index is 12.0. The zero-order valence-electron chi connectivity index (χ0n) is 10.0. The van der Waals surface area contributed by atoms with E-state index < -0.39 is 5.97 Å². The Morgan fingerprint density at radius 2 is 1.79 bits per heavy atom. The molecule has 0 saturated carbocycles. The summed E-state index contributed by atoms with van der Waals surface area (Å²) in [5.41, 5.74) is 0.344. The van der Waals surface area contributed by atoms with Gasteiger partial charge >= 0.3 is 5.97 Å². The second-order valence-corrected chi connectivity index (χ2v) is 4.48. The molecule has 0 N–H and O–H groups in total. The summed E-state index contributed by atoms with van der Waals surface area (Å²) in [6.07, 6.45) is 0. The van der Waals surface area contributed by atoms with E-state index in [1.54, 1.807) is 36.4 Å². The quantitative estimate of drug-likeness (QED) is 0.628. The van der Waals surface area contributed by atoms with Crippen LogP contribution in [0.4, 0.5) is 0 Å². The molecule has 0 fully saturated rings. The number of hydrogen-bond acceptors (Lipinski definition) is 3. The third-order valence-electron chi connectivity index (χ3n) is 2.43. The summed E-state index contributed by atoms with van der Waals surface area (Å²) in [5, 5.41) is 0.728. The molecule has 19 heavy (non-hydrogen) atoms. The summed E-state index contributed by atoms with van der Waals surface area (Å²) < 4.78 is 10.3. The van der Waals surface area contributed by atoms with Crippen LogP contribution in [0.2, 0.25) is 10.0 Å². The second-order valence-electron chi connectivity index (χ2n) is 3.67. The molecule has 0 spiro atoms. The lowest BCUT2D eigenvalue weighted by molar-refractivity contribution is 0.0731. The van der Waals surface area contributed by atoms with Crippen LogP contribution in [0.1, 0.15) is 10.4 Å². The molecule has 0 saturated heterocycles. The molecule has 2 aromatic carbocycles. The van der Waals surface area contributed by atoms with Gasteiger partial charge in [-0.2, -0.15) is 0 Å². The number of carbonyl (C=O) groups excluding carboxylic acids is 1. The smallest absolute Gasteiger partial charge is 0.347 e. The highest BCUT2D eigenvalue weighted by Crippen LogP contribution is 2.27. The van der Waals surface area contributed by atoms with Crippen molar-refractivity contribution < 1.29 is 14.3 Å². The molecule has 2 rings (SSSR count). The normalized spacial score (nSPS) is 10.1. The van der Waals surface area contributed by atoms with E-state index in [1.807, 2.05) is 0 Å². The molecule has 98 valence electrons. The molecular weight excluding hydrogens is 287 g/mol. The van der Waals surface area contributed by atoms with Crippen molar-refractivity contribution in [3.8, 4) is 11.5 Å². The van der Waals surface area contributed by atoms with Crippen molar-refractivity contribution in [3.63, 3.8) is 0 Å². The van der Waals surface area contributed by atoms with Crippen molar-refractivity contribution >= 4 is 29.2 Å². The number of benzene rings is 2. The fraction of sp³-hybridized carbons (Fsp3) is 0.0714. The topological polar surface area (TPSA) is 35.5 Å². The molecule has 0 aliphatic heterocycles. The largest absolute Gasteiger partial charge is 0.496 e. The highest BCUT2D eigenvalue weighted by atomic mass is 35.5. The van der Waals surface area contributed by atoms with E-state index >= 15 is 0 Å². The van der Waals surface area contributed by atoms with E-state index in [4.69, 9.17) is 32.7 Å². The molecule has 0 bridgehead atoms. The Hall–Kier alpha value is -1.71. The molecular formula is C14H10Cl2O3. The predicted molar refractivity (Wildman–Crippen MR) is 74.4 cm³/mol. The van der Waals surface area contributed by atoms with Gasteiger partial charge in [-0.1, -0.05) is 35.3 Å². The van der Waals surface area contributed by atoms with Gasteiger partial charge in [-0.05, 0) is 24.3 Å². The molecule has 0 aliphatic rings. The number of halogens is 2. The second kappa shape index (κ2) is 5.95. The highest BCUT2D eigenvalue weighted by Gasteiger charge is 2.14. The molecule has 3 nitrogen and oxygen atoms in total. The number of ether oxygens (including phenoxy) is 2. The van der Waals surface area contributed by atoms with E-state index in [0.717, 1.165) is 0 Å². The standard InChI is InChI=1S/C14H10Cl2O3/c1-18-13-5-3-2-4-10(13)14(17)19-9-6-7-11(15)12(16)8-9/h2-8H,1H3. The number of esters is 1. The van der Waals surface area contributed by atoms with E-state index in [-0.39, 0.29) is 0 Å². The zero-order valence-corrected chi connectivity index (χ0v) is 11.5. The lowest BCUT2D eigenvalue weighted by Gasteiger charge is -2.08. The summed E-state index contributed by atoms with van der Waals surface area (Å²) in [7, 11) is 1.49. The Bertz CT molecular complexity index is 611. The number of hydrogen-bond donors (Lipinski definition) is 0. The van der Waals surface area contributed by atoms with E-state index in [2.05, 4.69) is 0 Å². The number of carbonyl (C=O) groups is 1. The number of methoxy groups -OCH3 is 1. The predicted octanol–water partition coefficient (Wildman–Crippen LogP) is 4.22. The first-order valence-electron chi connectivity index (χ1n) is 5.42. The summed E-state index contributed by atoms with van der Waals surface area (Å²) >= 11 is 11.6. The minimum absolute atomic E-state index is 0.324. The third-order valence-corrected chi connectivity index (χ3v) is 3.17. The molecule has 0 amide bonds. The average Bonchev–Trinajstić information content (AvgIpc) is 2.43. The van der Waals surface area contributed by atoms with Crippen LogP contribution in [0.25, 0.3) is 0 Å². The maximum atomic E-state index is 12.0. The van der Waals surface area contributed by atoms with Gasteiger partial charge in [0, 0.05) is 6.07 Å².